The Morgan fingerprint density at radius 2 is 1.93 bits per heavy atom. The van der Waals surface area contributed by atoms with Crippen LogP contribution in [0.25, 0.3) is 10.2 Å². The molecule has 0 saturated carbocycles. The third-order valence-corrected chi connectivity index (χ3v) is 5.71. The molecule has 3 aromatic rings. The number of aromatic nitrogens is 1. The van der Waals surface area contributed by atoms with Gasteiger partial charge in [0.1, 0.15) is 9.71 Å². The highest BCUT2D eigenvalue weighted by Crippen LogP contribution is 2.40. The third kappa shape index (κ3) is 3.72. The van der Waals surface area contributed by atoms with Gasteiger partial charge in [0.05, 0.1) is 16.4 Å². The van der Waals surface area contributed by atoms with E-state index in [-0.39, 0.29) is 11.8 Å². The Morgan fingerprint density at radius 1 is 1.22 bits per heavy atom. The van der Waals surface area contributed by atoms with E-state index in [2.05, 4.69) is 22.2 Å². The minimum atomic E-state index is -0.302. The zero-order valence-corrected chi connectivity index (χ0v) is 16.5. The quantitative estimate of drug-likeness (QED) is 0.609. The fourth-order valence-electron chi connectivity index (χ4n) is 2.73. The second-order valence-corrected chi connectivity index (χ2v) is 7.32. The number of thiophene rings is 1. The van der Waals surface area contributed by atoms with Crippen molar-refractivity contribution in [2.45, 2.75) is 13.8 Å². The van der Waals surface area contributed by atoms with Crippen LogP contribution in [0.2, 0.25) is 5.02 Å². The van der Waals surface area contributed by atoms with Crippen molar-refractivity contribution in [3.8, 4) is 0 Å². The Kier molecular flexibility index (Phi) is 5.58. The van der Waals surface area contributed by atoms with E-state index in [0.29, 0.717) is 43.6 Å². The molecule has 0 radical (unpaired) electrons. The molecule has 138 valence electrons. The summed E-state index contributed by atoms with van der Waals surface area (Å²) in [5.41, 5.74) is 2.39. The van der Waals surface area contributed by atoms with Gasteiger partial charge in [0.2, 0.25) is 0 Å². The zero-order chi connectivity index (χ0) is 19.6. The summed E-state index contributed by atoms with van der Waals surface area (Å²) in [6.07, 6.45) is 1.60. The van der Waals surface area contributed by atoms with Crippen molar-refractivity contribution in [3.63, 3.8) is 0 Å². The molecule has 0 atom stereocenters. The molecule has 0 unspecified atom stereocenters. The summed E-state index contributed by atoms with van der Waals surface area (Å²) in [5, 5.41) is 6.84. The second-order valence-electron chi connectivity index (χ2n) is 5.94. The number of nitrogens with one attached hydrogen (secondary N) is 2. The lowest BCUT2D eigenvalue weighted by molar-refractivity contribution is 0.0963. The van der Waals surface area contributed by atoms with E-state index in [1.165, 1.54) is 11.3 Å². The highest BCUT2D eigenvalue weighted by molar-refractivity contribution is 7.21. The second kappa shape index (κ2) is 7.90. The largest absolute Gasteiger partial charge is 0.348 e. The SMILES string of the molecule is C=CCNC(=O)c1sc2nc(C)c(Cl)c(C)c2c1NC(=O)c1ccccc1. The summed E-state index contributed by atoms with van der Waals surface area (Å²) < 4.78 is 0. The van der Waals surface area contributed by atoms with Crippen LogP contribution in [0.15, 0.2) is 43.0 Å². The number of fused-ring (bicyclic) bond motifs is 1. The topological polar surface area (TPSA) is 71.1 Å². The van der Waals surface area contributed by atoms with Crippen LogP contribution in [0.5, 0.6) is 0 Å². The predicted molar refractivity (Wildman–Crippen MR) is 111 cm³/mol. The molecule has 0 bridgehead atoms. The number of carbonyl (C=O) groups excluding carboxylic acids is 2. The molecule has 27 heavy (non-hydrogen) atoms. The molecule has 0 spiro atoms. The monoisotopic (exact) mass is 399 g/mol. The molecular formula is C20H18ClN3O2S. The fourth-order valence-corrected chi connectivity index (χ4v) is 4.02. The van der Waals surface area contributed by atoms with Gasteiger partial charge in [-0.3, -0.25) is 9.59 Å². The van der Waals surface area contributed by atoms with Gasteiger partial charge in [0, 0.05) is 17.5 Å². The summed E-state index contributed by atoms with van der Waals surface area (Å²) >= 11 is 7.60. The number of rotatable bonds is 5. The Hall–Kier alpha value is -2.70. The van der Waals surface area contributed by atoms with Crippen LogP contribution in [0, 0.1) is 13.8 Å². The molecule has 0 fully saturated rings. The van der Waals surface area contributed by atoms with Crippen LogP contribution >= 0.6 is 22.9 Å². The summed E-state index contributed by atoms with van der Waals surface area (Å²) in [7, 11) is 0. The normalized spacial score (nSPS) is 10.6. The number of aryl methyl sites for hydroxylation is 2. The molecule has 5 nitrogen and oxygen atoms in total. The maximum atomic E-state index is 12.7. The Morgan fingerprint density at radius 3 is 2.59 bits per heavy atom. The average Bonchev–Trinajstić information content (AvgIpc) is 3.03. The highest BCUT2D eigenvalue weighted by atomic mass is 35.5. The molecule has 2 amide bonds. The molecule has 2 heterocycles. The number of halogens is 1. The van der Waals surface area contributed by atoms with E-state index in [1.54, 1.807) is 30.3 Å². The molecule has 2 N–H and O–H groups in total. The van der Waals surface area contributed by atoms with Crippen LogP contribution in [0.3, 0.4) is 0 Å². The first kappa shape index (κ1) is 19.1. The van der Waals surface area contributed by atoms with Crippen molar-refractivity contribution >= 4 is 50.7 Å². The van der Waals surface area contributed by atoms with Crippen molar-refractivity contribution in [1.29, 1.82) is 0 Å². The minimum absolute atomic E-state index is 0.297. The van der Waals surface area contributed by atoms with Gasteiger partial charge < -0.3 is 10.6 Å². The number of amides is 2. The lowest BCUT2D eigenvalue weighted by Crippen LogP contribution is -2.24. The molecule has 0 aliphatic rings. The van der Waals surface area contributed by atoms with E-state index in [1.807, 2.05) is 19.9 Å². The molecule has 0 aliphatic heterocycles. The first-order valence-electron chi connectivity index (χ1n) is 8.28. The van der Waals surface area contributed by atoms with E-state index < -0.39 is 0 Å². The van der Waals surface area contributed by atoms with Gasteiger partial charge in [-0.1, -0.05) is 35.9 Å². The van der Waals surface area contributed by atoms with Crippen molar-refractivity contribution in [2.24, 2.45) is 0 Å². The fraction of sp³-hybridized carbons (Fsp3) is 0.150. The summed E-state index contributed by atoms with van der Waals surface area (Å²) in [4.78, 5) is 30.9. The summed E-state index contributed by atoms with van der Waals surface area (Å²) in [6, 6.07) is 8.82. The van der Waals surface area contributed by atoms with Crippen LogP contribution < -0.4 is 10.6 Å². The number of carbonyl (C=O) groups is 2. The van der Waals surface area contributed by atoms with Crippen molar-refractivity contribution < 1.29 is 9.59 Å². The van der Waals surface area contributed by atoms with Gasteiger partial charge in [-0.05, 0) is 31.5 Å². The molecule has 7 heteroatoms. The zero-order valence-electron chi connectivity index (χ0n) is 14.9. The Balaban J connectivity index is 2.14. The number of nitrogens with zero attached hydrogens (tertiary/aromatic N) is 1. The predicted octanol–water partition coefficient (Wildman–Crippen LogP) is 4.73. The lowest BCUT2D eigenvalue weighted by atomic mass is 10.1. The van der Waals surface area contributed by atoms with Crippen LogP contribution in [0.1, 0.15) is 31.3 Å². The highest BCUT2D eigenvalue weighted by Gasteiger charge is 2.24. The maximum Gasteiger partial charge on any atom is 0.263 e. The Labute approximate surface area is 166 Å². The van der Waals surface area contributed by atoms with Gasteiger partial charge in [-0.25, -0.2) is 4.98 Å². The molecule has 0 aliphatic carbocycles. The number of hydrogen-bond donors (Lipinski definition) is 2. The van der Waals surface area contributed by atoms with Gasteiger partial charge in [0.25, 0.3) is 11.8 Å². The van der Waals surface area contributed by atoms with Crippen molar-refractivity contribution in [2.75, 3.05) is 11.9 Å². The van der Waals surface area contributed by atoms with Gasteiger partial charge >= 0.3 is 0 Å². The van der Waals surface area contributed by atoms with Crippen LogP contribution in [0.4, 0.5) is 5.69 Å². The molecule has 2 aromatic heterocycles. The number of hydrogen-bond acceptors (Lipinski definition) is 4. The van der Waals surface area contributed by atoms with E-state index in [0.717, 1.165) is 5.56 Å². The average molecular weight is 400 g/mol. The van der Waals surface area contributed by atoms with Gasteiger partial charge in [-0.15, -0.1) is 17.9 Å². The number of pyridine rings is 1. The minimum Gasteiger partial charge on any atom is -0.348 e. The number of anilines is 1. The molecule has 3 rings (SSSR count). The third-order valence-electron chi connectivity index (χ3n) is 4.07. The van der Waals surface area contributed by atoms with Gasteiger partial charge in [0.15, 0.2) is 0 Å². The summed E-state index contributed by atoms with van der Waals surface area (Å²) in [5.74, 6) is -0.599. The number of benzene rings is 1. The Bertz CT molecular complexity index is 1040. The molecular weight excluding hydrogens is 382 g/mol. The van der Waals surface area contributed by atoms with Gasteiger partial charge in [-0.2, -0.15) is 0 Å². The summed E-state index contributed by atoms with van der Waals surface area (Å²) in [6.45, 7) is 7.60. The maximum absolute atomic E-state index is 12.7. The smallest absolute Gasteiger partial charge is 0.263 e. The molecule has 0 saturated heterocycles. The van der Waals surface area contributed by atoms with E-state index in [9.17, 15) is 9.59 Å². The van der Waals surface area contributed by atoms with Crippen molar-refractivity contribution in [3.05, 3.63) is 69.7 Å². The lowest BCUT2D eigenvalue weighted by Gasteiger charge is -2.10. The van der Waals surface area contributed by atoms with Crippen molar-refractivity contribution in [1.82, 2.24) is 10.3 Å². The van der Waals surface area contributed by atoms with Crippen LogP contribution in [-0.2, 0) is 0 Å². The van der Waals surface area contributed by atoms with E-state index in [4.69, 9.17) is 11.6 Å². The molecule has 1 aromatic carbocycles. The van der Waals surface area contributed by atoms with E-state index >= 15 is 0 Å². The first-order valence-corrected chi connectivity index (χ1v) is 9.48. The standard InChI is InChI=1S/C20H18ClN3O2S/c1-4-10-22-19(26)17-16(24-18(25)13-8-6-5-7-9-13)14-11(2)15(21)12(3)23-20(14)27-17/h4-9H,1,10H2,2-3H3,(H,22,26)(H,24,25). The first-order chi connectivity index (χ1) is 12.9. The van der Waals surface area contributed by atoms with Crippen LogP contribution in [-0.4, -0.2) is 23.3 Å².